The summed E-state index contributed by atoms with van der Waals surface area (Å²) in [7, 11) is 0. The van der Waals surface area contributed by atoms with Gasteiger partial charge in [0, 0.05) is 10.1 Å². The highest BCUT2D eigenvalue weighted by Crippen LogP contribution is 2.38. The third-order valence-corrected chi connectivity index (χ3v) is 4.02. The molecular weight excluding hydrogens is 202 g/mol. The molecule has 0 bridgehead atoms. The zero-order chi connectivity index (χ0) is 10.5. The minimum Gasteiger partial charge on any atom is -0.330 e. The van der Waals surface area contributed by atoms with Crippen molar-refractivity contribution in [1.29, 1.82) is 0 Å². The maximum Gasteiger partial charge on any atom is 0.00952 e. The van der Waals surface area contributed by atoms with Crippen LogP contribution in [0.2, 0.25) is 0 Å². The van der Waals surface area contributed by atoms with Gasteiger partial charge in [0.05, 0.1) is 0 Å². The fourth-order valence-corrected chi connectivity index (χ4v) is 2.64. The van der Waals surface area contributed by atoms with Crippen molar-refractivity contribution in [2.45, 2.75) is 42.2 Å². The van der Waals surface area contributed by atoms with Gasteiger partial charge in [-0.25, -0.2) is 0 Å². The average Bonchev–Trinajstić information content (AvgIpc) is 3.05. The molecule has 1 aromatic carbocycles. The number of rotatable bonds is 6. The molecule has 0 unspecified atom stereocenters. The Hall–Kier alpha value is -0.470. The van der Waals surface area contributed by atoms with Gasteiger partial charge in [-0.2, -0.15) is 0 Å². The van der Waals surface area contributed by atoms with Crippen LogP contribution in [-0.2, 0) is 6.42 Å². The zero-order valence-electron chi connectivity index (χ0n) is 9.11. The van der Waals surface area contributed by atoms with Gasteiger partial charge in [0.2, 0.25) is 0 Å². The minimum atomic E-state index is 0.815. The Kier molecular flexibility index (Phi) is 4.09. The first-order chi connectivity index (χ1) is 7.38. The third kappa shape index (κ3) is 3.88. The molecule has 0 aromatic heterocycles. The molecule has 0 amide bonds. The predicted octanol–water partition coefficient (Wildman–Crippen LogP) is 3.22. The summed E-state index contributed by atoms with van der Waals surface area (Å²) in [5.74, 6) is 0. The lowest BCUT2D eigenvalue weighted by atomic mass is 10.1. The molecule has 1 aromatic rings. The molecule has 0 atom stereocenters. The Morgan fingerprint density at radius 2 is 1.87 bits per heavy atom. The van der Waals surface area contributed by atoms with Crippen LogP contribution < -0.4 is 5.73 Å². The Balaban J connectivity index is 1.80. The Morgan fingerprint density at radius 3 is 2.47 bits per heavy atom. The molecule has 0 radical (unpaired) electrons. The highest BCUT2D eigenvalue weighted by atomic mass is 32.2. The smallest absolute Gasteiger partial charge is 0.00952 e. The van der Waals surface area contributed by atoms with E-state index in [1.807, 2.05) is 11.8 Å². The quantitative estimate of drug-likeness (QED) is 0.746. The molecule has 2 N–H and O–H groups in total. The van der Waals surface area contributed by atoms with E-state index in [4.69, 9.17) is 5.73 Å². The van der Waals surface area contributed by atoms with Crippen molar-refractivity contribution in [3.05, 3.63) is 29.8 Å². The van der Waals surface area contributed by atoms with E-state index in [-0.39, 0.29) is 0 Å². The van der Waals surface area contributed by atoms with Crippen LogP contribution in [0.25, 0.3) is 0 Å². The third-order valence-electron chi connectivity index (χ3n) is 2.67. The first kappa shape index (κ1) is 11.0. The lowest BCUT2D eigenvalue weighted by molar-refractivity contribution is 0.744. The zero-order valence-corrected chi connectivity index (χ0v) is 9.93. The van der Waals surface area contributed by atoms with Crippen LogP contribution >= 0.6 is 11.8 Å². The normalized spacial score (nSPS) is 15.5. The van der Waals surface area contributed by atoms with Crippen LogP contribution in [0.5, 0.6) is 0 Å². The second-order valence-corrected chi connectivity index (χ2v) is 5.58. The van der Waals surface area contributed by atoms with E-state index in [1.54, 1.807) is 0 Å². The van der Waals surface area contributed by atoms with E-state index in [0.717, 1.165) is 18.2 Å². The van der Waals surface area contributed by atoms with Crippen LogP contribution in [0.4, 0.5) is 0 Å². The Bertz CT molecular complexity index is 290. The topological polar surface area (TPSA) is 26.0 Å². The fraction of sp³-hybridized carbons (Fsp3) is 0.538. The van der Waals surface area contributed by atoms with Crippen molar-refractivity contribution in [3.8, 4) is 0 Å². The first-order valence-corrected chi connectivity index (χ1v) is 6.72. The number of thioether (sulfide) groups is 1. The lowest BCUT2D eigenvalue weighted by Gasteiger charge is -2.03. The highest BCUT2D eigenvalue weighted by Gasteiger charge is 2.22. The molecule has 0 spiro atoms. The number of nitrogens with two attached hydrogens (primary N) is 1. The van der Waals surface area contributed by atoms with Gasteiger partial charge in [-0.1, -0.05) is 12.1 Å². The lowest BCUT2D eigenvalue weighted by Crippen LogP contribution is -1.98. The molecule has 15 heavy (non-hydrogen) atoms. The van der Waals surface area contributed by atoms with Gasteiger partial charge < -0.3 is 5.73 Å². The maximum absolute atomic E-state index is 5.48. The molecule has 82 valence electrons. The average molecular weight is 221 g/mol. The van der Waals surface area contributed by atoms with Crippen LogP contribution in [0.3, 0.4) is 0 Å². The van der Waals surface area contributed by atoms with E-state index < -0.39 is 0 Å². The minimum absolute atomic E-state index is 0.815. The Morgan fingerprint density at radius 1 is 1.13 bits per heavy atom. The van der Waals surface area contributed by atoms with Gasteiger partial charge in [-0.05, 0) is 56.3 Å². The second-order valence-electron chi connectivity index (χ2n) is 4.21. The number of hydrogen-bond donors (Lipinski definition) is 1. The number of unbranched alkanes of at least 4 members (excludes halogenated alkanes) is 1. The van der Waals surface area contributed by atoms with E-state index in [1.165, 1.54) is 36.1 Å². The monoisotopic (exact) mass is 221 g/mol. The summed E-state index contributed by atoms with van der Waals surface area (Å²) in [5, 5.41) is 0.910. The number of aryl methyl sites for hydroxylation is 1. The molecule has 1 nitrogen and oxygen atoms in total. The van der Waals surface area contributed by atoms with Gasteiger partial charge >= 0.3 is 0 Å². The molecule has 1 saturated carbocycles. The van der Waals surface area contributed by atoms with E-state index in [0.29, 0.717) is 0 Å². The summed E-state index contributed by atoms with van der Waals surface area (Å²) < 4.78 is 0. The van der Waals surface area contributed by atoms with Gasteiger partial charge in [0.15, 0.2) is 0 Å². The van der Waals surface area contributed by atoms with Crippen molar-refractivity contribution in [1.82, 2.24) is 0 Å². The van der Waals surface area contributed by atoms with E-state index in [2.05, 4.69) is 24.3 Å². The molecule has 0 saturated heterocycles. The predicted molar refractivity (Wildman–Crippen MR) is 67.3 cm³/mol. The van der Waals surface area contributed by atoms with Crippen molar-refractivity contribution in [2.75, 3.05) is 6.54 Å². The maximum atomic E-state index is 5.48. The molecule has 1 aliphatic carbocycles. The molecule has 0 heterocycles. The van der Waals surface area contributed by atoms with E-state index in [9.17, 15) is 0 Å². The summed E-state index contributed by atoms with van der Waals surface area (Å²) in [5.41, 5.74) is 6.92. The summed E-state index contributed by atoms with van der Waals surface area (Å²) in [6.45, 7) is 0.815. The summed E-state index contributed by atoms with van der Waals surface area (Å²) in [6, 6.07) is 9.06. The summed E-state index contributed by atoms with van der Waals surface area (Å²) >= 11 is 2.03. The van der Waals surface area contributed by atoms with Crippen LogP contribution in [-0.4, -0.2) is 11.8 Å². The van der Waals surface area contributed by atoms with Gasteiger partial charge in [-0.15, -0.1) is 11.8 Å². The Labute approximate surface area is 96.4 Å². The van der Waals surface area contributed by atoms with Gasteiger partial charge in [-0.3, -0.25) is 0 Å². The van der Waals surface area contributed by atoms with Gasteiger partial charge in [0.1, 0.15) is 0 Å². The number of hydrogen-bond acceptors (Lipinski definition) is 2. The number of benzene rings is 1. The highest BCUT2D eigenvalue weighted by molar-refractivity contribution is 8.00. The van der Waals surface area contributed by atoms with Gasteiger partial charge in [0.25, 0.3) is 0 Å². The first-order valence-electron chi connectivity index (χ1n) is 5.84. The largest absolute Gasteiger partial charge is 0.330 e. The summed E-state index contributed by atoms with van der Waals surface area (Å²) in [4.78, 5) is 1.43. The standard InChI is InChI=1S/C13H19NS/c14-10-2-1-3-11-4-6-12(7-5-11)15-13-8-9-13/h4-7,13H,1-3,8-10,14H2. The SMILES string of the molecule is NCCCCc1ccc(SC2CC2)cc1. The van der Waals surface area contributed by atoms with Crippen molar-refractivity contribution in [2.24, 2.45) is 5.73 Å². The van der Waals surface area contributed by atoms with Crippen LogP contribution in [0, 0.1) is 0 Å². The molecular formula is C13H19NS. The fourth-order valence-electron chi connectivity index (χ4n) is 1.59. The van der Waals surface area contributed by atoms with Crippen molar-refractivity contribution < 1.29 is 0 Å². The molecule has 2 rings (SSSR count). The van der Waals surface area contributed by atoms with Crippen LogP contribution in [0.1, 0.15) is 31.2 Å². The molecule has 1 aliphatic rings. The van der Waals surface area contributed by atoms with Crippen molar-refractivity contribution >= 4 is 11.8 Å². The van der Waals surface area contributed by atoms with Crippen molar-refractivity contribution in [3.63, 3.8) is 0 Å². The second kappa shape index (κ2) is 5.57. The molecule has 1 fully saturated rings. The molecule has 2 heteroatoms. The van der Waals surface area contributed by atoms with Crippen LogP contribution in [0.15, 0.2) is 29.2 Å². The summed E-state index contributed by atoms with van der Waals surface area (Å²) in [6.07, 6.45) is 6.33. The molecule has 0 aliphatic heterocycles. The van der Waals surface area contributed by atoms with E-state index >= 15 is 0 Å².